The molecule has 4 heteroatoms. The van der Waals surface area contributed by atoms with E-state index in [1.165, 1.54) is 0 Å². The number of hydrogen-bond acceptors (Lipinski definition) is 2. The molecular weight excluding hydrogens is 199 g/mol. The van der Waals surface area contributed by atoms with Gasteiger partial charge in [0.25, 0.3) is 0 Å². The second kappa shape index (κ2) is 3.00. The Bertz CT molecular complexity index is 237. The van der Waals surface area contributed by atoms with E-state index in [1.54, 1.807) is 0 Å². The van der Waals surface area contributed by atoms with Crippen LogP contribution in [-0.2, 0) is 9.59 Å². The van der Waals surface area contributed by atoms with Crippen LogP contribution in [0.2, 0.25) is 0 Å². The van der Waals surface area contributed by atoms with Gasteiger partial charge < -0.3 is 0 Å². The molecule has 1 saturated carbocycles. The van der Waals surface area contributed by atoms with Crippen molar-refractivity contribution in [2.45, 2.75) is 20.3 Å². The molecule has 2 atom stereocenters. The Kier molecular flexibility index (Phi) is 2.50. The first-order valence-corrected chi connectivity index (χ1v) is 4.57. The third-order valence-corrected chi connectivity index (χ3v) is 3.29. The molecule has 0 aromatic rings. The van der Waals surface area contributed by atoms with E-state index in [1.807, 2.05) is 13.8 Å². The van der Waals surface area contributed by atoms with Gasteiger partial charge in [0.15, 0.2) is 0 Å². The molecule has 0 aromatic carbocycles. The van der Waals surface area contributed by atoms with Crippen molar-refractivity contribution in [1.82, 2.24) is 0 Å². The number of carbonyl (C=O) groups is 2. The summed E-state index contributed by atoms with van der Waals surface area (Å²) in [5.41, 5.74) is -0.666. The van der Waals surface area contributed by atoms with E-state index < -0.39 is 15.9 Å². The Hall–Kier alpha value is -0.0800. The fourth-order valence-corrected chi connectivity index (χ4v) is 2.34. The lowest BCUT2D eigenvalue weighted by Gasteiger charge is -2.14. The van der Waals surface area contributed by atoms with E-state index in [9.17, 15) is 9.59 Å². The largest absolute Gasteiger partial charge is 0.281 e. The van der Waals surface area contributed by atoms with Crippen LogP contribution in [0.4, 0.5) is 0 Å². The SMILES string of the molecule is CC(C)[C@@]1(C(=O)Cl)C[C@H]1C(=O)Cl. The average molecular weight is 209 g/mol. The highest BCUT2D eigenvalue weighted by atomic mass is 35.5. The van der Waals surface area contributed by atoms with Crippen LogP contribution >= 0.6 is 23.2 Å². The van der Waals surface area contributed by atoms with Crippen LogP contribution in [0.5, 0.6) is 0 Å². The third-order valence-electron chi connectivity index (χ3n) is 2.67. The summed E-state index contributed by atoms with van der Waals surface area (Å²) < 4.78 is 0. The smallest absolute Gasteiger partial charge is 0.228 e. The molecule has 1 rings (SSSR count). The lowest BCUT2D eigenvalue weighted by Crippen LogP contribution is -2.21. The number of carbonyl (C=O) groups excluding carboxylic acids is 2. The topological polar surface area (TPSA) is 34.1 Å². The minimum atomic E-state index is -0.666. The molecule has 1 aliphatic carbocycles. The van der Waals surface area contributed by atoms with Gasteiger partial charge in [0.1, 0.15) is 0 Å². The zero-order chi connectivity index (χ0) is 9.52. The van der Waals surface area contributed by atoms with Crippen molar-refractivity contribution in [3.63, 3.8) is 0 Å². The predicted octanol–water partition coefficient (Wildman–Crippen LogP) is 2.18. The van der Waals surface area contributed by atoms with E-state index in [2.05, 4.69) is 0 Å². The first-order chi connectivity index (χ1) is 5.43. The van der Waals surface area contributed by atoms with E-state index in [0.29, 0.717) is 6.42 Å². The molecule has 1 fully saturated rings. The van der Waals surface area contributed by atoms with E-state index in [0.717, 1.165) is 0 Å². The van der Waals surface area contributed by atoms with Crippen molar-refractivity contribution in [3.05, 3.63) is 0 Å². The van der Waals surface area contributed by atoms with Crippen LogP contribution in [0.25, 0.3) is 0 Å². The second-order valence-corrected chi connectivity index (χ2v) is 4.25. The fraction of sp³-hybridized carbons (Fsp3) is 0.750. The van der Waals surface area contributed by atoms with Crippen molar-refractivity contribution in [2.75, 3.05) is 0 Å². The Balaban J connectivity index is 2.83. The van der Waals surface area contributed by atoms with Crippen molar-refractivity contribution in [3.8, 4) is 0 Å². The van der Waals surface area contributed by atoms with E-state index in [4.69, 9.17) is 23.2 Å². The van der Waals surface area contributed by atoms with Gasteiger partial charge in [-0.25, -0.2) is 0 Å². The second-order valence-electron chi connectivity index (χ2n) is 3.53. The van der Waals surface area contributed by atoms with Crippen LogP contribution in [0.1, 0.15) is 20.3 Å². The zero-order valence-corrected chi connectivity index (χ0v) is 8.45. The first-order valence-electron chi connectivity index (χ1n) is 3.82. The Morgan fingerprint density at radius 1 is 1.42 bits per heavy atom. The molecule has 0 aliphatic heterocycles. The van der Waals surface area contributed by atoms with Gasteiger partial charge in [-0.1, -0.05) is 13.8 Å². The molecular formula is C8H10Cl2O2. The Morgan fingerprint density at radius 3 is 2.00 bits per heavy atom. The molecule has 0 radical (unpaired) electrons. The molecule has 0 N–H and O–H groups in total. The average Bonchev–Trinajstić information content (AvgIpc) is 2.60. The molecule has 0 bridgehead atoms. The van der Waals surface area contributed by atoms with Crippen LogP contribution < -0.4 is 0 Å². The molecule has 68 valence electrons. The summed E-state index contributed by atoms with van der Waals surface area (Å²) in [5, 5.41) is -0.880. The maximum absolute atomic E-state index is 11.0. The Labute approximate surface area is 81.2 Å². The summed E-state index contributed by atoms with van der Waals surface area (Å²) in [6.45, 7) is 3.75. The van der Waals surface area contributed by atoms with Crippen molar-refractivity contribution in [2.24, 2.45) is 17.3 Å². The molecule has 0 aromatic heterocycles. The minimum absolute atomic E-state index is 0.0789. The normalized spacial score (nSPS) is 33.6. The van der Waals surface area contributed by atoms with Crippen LogP contribution in [0.3, 0.4) is 0 Å². The minimum Gasteiger partial charge on any atom is -0.281 e. The monoisotopic (exact) mass is 208 g/mol. The van der Waals surface area contributed by atoms with E-state index >= 15 is 0 Å². The quantitative estimate of drug-likeness (QED) is 0.667. The zero-order valence-electron chi connectivity index (χ0n) is 6.93. The summed E-state index contributed by atoms with van der Waals surface area (Å²) in [6.07, 6.45) is 0.509. The summed E-state index contributed by atoms with van der Waals surface area (Å²) in [6, 6.07) is 0. The highest BCUT2D eigenvalue weighted by molar-refractivity contribution is 6.68. The summed E-state index contributed by atoms with van der Waals surface area (Å²) in [7, 11) is 0. The summed E-state index contributed by atoms with van der Waals surface area (Å²) in [4.78, 5) is 21.8. The molecule has 0 saturated heterocycles. The van der Waals surface area contributed by atoms with Crippen LogP contribution in [-0.4, -0.2) is 10.5 Å². The molecule has 0 amide bonds. The lowest BCUT2D eigenvalue weighted by atomic mass is 9.91. The van der Waals surface area contributed by atoms with E-state index in [-0.39, 0.29) is 11.8 Å². The highest BCUT2D eigenvalue weighted by Crippen LogP contribution is 2.60. The predicted molar refractivity (Wildman–Crippen MR) is 47.1 cm³/mol. The van der Waals surface area contributed by atoms with Gasteiger partial charge in [0, 0.05) is 5.92 Å². The summed E-state index contributed by atoms with van der Waals surface area (Å²) >= 11 is 10.7. The van der Waals surface area contributed by atoms with Gasteiger partial charge in [0.2, 0.25) is 10.5 Å². The van der Waals surface area contributed by atoms with Gasteiger partial charge in [-0.3, -0.25) is 9.59 Å². The van der Waals surface area contributed by atoms with Gasteiger partial charge >= 0.3 is 0 Å². The third kappa shape index (κ3) is 1.27. The maximum atomic E-state index is 11.0. The van der Waals surface area contributed by atoms with Gasteiger partial charge in [0.05, 0.1) is 5.41 Å². The number of rotatable bonds is 3. The standard InChI is InChI=1S/C8H10Cl2O2/c1-4(2)8(7(10)12)3-5(8)6(9)11/h4-5H,3H2,1-2H3/t5-,8-/m0/s1. The lowest BCUT2D eigenvalue weighted by molar-refractivity contribution is -0.121. The highest BCUT2D eigenvalue weighted by Gasteiger charge is 2.63. The van der Waals surface area contributed by atoms with Crippen LogP contribution in [0.15, 0.2) is 0 Å². The van der Waals surface area contributed by atoms with Crippen molar-refractivity contribution < 1.29 is 9.59 Å². The molecule has 0 spiro atoms. The Morgan fingerprint density at radius 2 is 1.92 bits per heavy atom. The number of hydrogen-bond donors (Lipinski definition) is 0. The van der Waals surface area contributed by atoms with Crippen molar-refractivity contribution in [1.29, 1.82) is 0 Å². The van der Waals surface area contributed by atoms with Gasteiger partial charge in [-0.2, -0.15) is 0 Å². The van der Waals surface area contributed by atoms with Gasteiger partial charge in [-0.05, 0) is 35.5 Å². The molecule has 2 nitrogen and oxygen atoms in total. The molecule has 1 aliphatic rings. The molecule has 0 heterocycles. The first kappa shape index (κ1) is 10.0. The molecule has 12 heavy (non-hydrogen) atoms. The summed E-state index contributed by atoms with van der Waals surface area (Å²) in [5.74, 6) is -0.278. The van der Waals surface area contributed by atoms with Crippen LogP contribution in [0, 0.1) is 17.3 Å². The maximum Gasteiger partial charge on any atom is 0.228 e. The van der Waals surface area contributed by atoms with Gasteiger partial charge in [-0.15, -0.1) is 0 Å². The fourth-order valence-electron chi connectivity index (χ4n) is 1.64. The number of halogens is 2. The molecule has 0 unspecified atom stereocenters. The van der Waals surface area contributed by atoms with Crippen molar-refractivity contribution >= 4 is 33.7 Å².